The van der Waals surface area contributed by atoms with E-state index in [0.29, 0.717) is 6.54 Å². The molecule has 0 radical (unpaired) electrons. The van der Waals surface area contributed by atoms with Crippen LogP contribution in [0.15, 0.2) is 34.8 Å². The molecule has 22 heavy (non-hydrogen) atoms. The zero-order chi connectivity index (χ0) is 15.5. The van der Waals surface area contributed by atoms with Crippen LogP contribution in [0.2, 0.25) is 0 Å². The highest BCUT2D eigenvalue weighted by Gasteiger charge is 2.06. The quantitative estimate of drug-likeness (QED) is 0.695. The first kappa shape index (κ1) is 14.9. The Labute approximate surface area is 132 Å². The molecular weight excluding hydrogens is 298 g/mol. The van der Waals surface area contributed by atoms with E-state index < -0.39 is 0 Å². The van der Waals surface area contributed by atoms with Gasteiger partial charge in [-0.1, -0.05) is 0 Å². The van der Waals surface area contributed by atoms with Crippen LogP contribution in [0.25, 0.3) is 4.96 Å². The second kappa shape index (κ2) is 6.41. The second-order valence-corrected chi connectivity index (χ2v) is 6.27. The molecule has 3 aromatic heterocycles. The van der Waals surface area contributed by atoms with Crippen LogP contribution in [0, 0.1) is 6.92 Å². The Morgan fingerprint density at radius 3 is 3.00 bits per heavy atom. The minimum atomic E-state index is -0.0105. The van der Waals surface area contributed by atoms with Crippen LogP contribution >= 0.6 is 11.3 Å². The van der Waals surface area contributed by atoms with Crippen LogP contribution in [-0.4, -0.2) is 37.4 Å². The third kappa shape index (κ3) is 3.26. The van der Waals surface area contributed by atoms with E-state index in [2.05, 4.69) is 26.5 Å². The molecular formula is C15H19N5OS. The van der Waals surface area contributed by atoms with Gasteiger partial charge in [-0.3, -0.25) is 9.20 Å². The molecule has 0 spiro atoms. The minimum absolute atomic E-state index is 0.0105. The van der Waals surface area contributed by atoms with Crippen LogP contribution in [-0.2, 0) is 13.1 Å². The Balaban J connectivity index is 1.57. The van der Waals surface area contributed by atoms with Crippen molar-refractivity contribution >= 4 is 16.3 Å². The first-order valence-corrected chi connectivity index (χ1v) is 8.13. The smallest absolute Gasteiger partial charge is 0.258 e. The summed E-state index contributed by atoms with van der Waals surface area (Å²) in [6.07, 6.45) is 6.62. The fourth-order valence-electron chi connectivity index (χ4n) is 2.48. The highest BCUT2D eigenvalue weighted by molar-refractivity contribution is 7.15. The van der Waals surface area contributed by atoms with Crippen molar-refractivity contribution in [1.82, 2.24) is 23.8 Å². The first-order chi connectivity index (χ1) is 10.6. The zero-order valence-corrected chi connectivity index (χ0v) is 13.6. The fraction of sp³-hybridized carbons (Fsp3) is 0.400. The third-order valence-corrected chi connectivity index (χ3v) is 4.41. The van der Waals surface area contributed by atoms with Gasteiger partial charge in [0.1, 0.15) is 5.82 Å². The summed E-state index contributed by atoms with van der Waals surface area (Å²) in [6, 6.07) is 1.62. The predicted molar refractivity (Wildman–Crippen MR) is 87.3 cm³/mol. The maximum atomic E-state index is 11.9. The molecule has 3 heterocycles. The molecule has 0 N–H and O–H groups in total. The lowest BCUT2D eigenvalue weighted by Crippen LogP contribution is -2.23. The van der Waals surface area contributed by atoms with Crippen LogP contribution < -0.4 is 5.56 Å². The van der Waals surface area contributed by atoms with Gasteiger partial charge in [0, 0.05) is 43.1 Å². The minimum Gasteiger partial charge on any atom is -0.335 e. The summed E-state index contributed by atoms with van der Waals surface area (Å²) in [5.41, 5.74) is 0.817. The molecule has 0 amide bonds. The Hall–Kier alpha value is -1.99. The molecule has 3 rings (SSSR count). The van der Waals surface area contributed by atoms with Gasteiger partial charge in [-0.25, -0.2) is 9.97 Å². The number of nitrogens with zero attached hydrogens (tertiary/aromatic N) is 5. The lowest BCUT2D eigenvalue weighted by atomic mass is 10.3. The van der Waals surface area contributed by atoms with Gasteiger partial charge >= 0.3 is 0 Å². The molecule has 0 aromatic carbocycles. The van der Waals surface area contributed by atoms with Gasteiger partial charge in [-0.15, -0.1) is 11.3 Å². The molecule has 0 atom stereocenters. The summed E-state index contributed by atoms with van der Waals surface area (Å²) in [4.78, 5) is 23.6. The van der Waals surface area contributed by atoms with Crippen molar-refractivity contribution in [1.29, 1.82) is 0 Å². The maximum Gasteiger partial charge on any atom is 0.258 e. The Bertz CT molecular complexity index is 819. The summed E-state index contributed by atoms with van der Waals surface area (Å²) in [5.74, 6) is 1.04. The van der Waals surface area contributed by atoms with Crippen molar-refractivity contribution in [3.63, 3.8) is 0 Å². The van der Waals surface area contributed by atoms with E-state index in [0.717, 1.165) is 36.0 Å². The Morgan fingerprint density at radius 1 is 1.36 bits per heavy atom. The molecule has 6 nitrogen and oxygen atoms in total. The molecule has 0 bridgehead atoms. The molecule has 0 aliphatic carbocycles. The van der Waals surface area contributed by atoms with E-state index in [9.17, 15) is 4.79 Å². The highest BCUT2D eigenvalue weighted by Crippen LogP contribution is 2.08. The number of hydrogen-bond acceptors (Lipinski definition) is 5. The number of thiazole rings is 1. The van der Waals surface area contributed by atoms with Crippen LogP contribution in [0.5, 0.6) is 0 Å². The molecule has 0 saturated carbocycles. The lowest BCUT2D eigenvalue weighted by Gasteiger charge is -2.16. The Morgan fingerprint density at radius 2 is 2.23 bits per heavy atom. The number of aryl methyl sites for hydroxylation is 2. The number of aromatic nitrogens is 4. The van der Waals surface area contributed by atoms with Crippen LogP contribution in [0.4, 0.5) is 0 Å². The van der Waals surface area contributed by atoms with Crippen molar-refractivity contribution in [2.45, 2.75) is 26.4 Å². The molecule has 0 fully saturated rings. The van der Waals surface area contributed by atoms with Gasteiger partial charge in [0.05, 0.1) is 5.69 Å². The molecule has 0 saturated heterocycles. The van der Waals surface area contributed by atoms with Crippen molar-refractivity contribution in [3.8, 4) is 0 Å². The highest BCUT2D eigenvalue weighted by atomic mass is 32.1. The molecule has 3 aromatic rings. The fourth-order valence-corrected chi connectivity index (χ4v) is 3.21. The monoisotopic (exact) mass is 317 g/mol. The summed E-state index contributed by atoms with van der Waals surface area (Å²) < 4.78 is 3.73. The molecule has 0 aliphatic heterocycles. The first-order valence-electron chi connectivity index (χ1n) is 7.25. The van der Waals surface area contributed by atoms with Gasteiger partial charge in [0.25, 0.3) is 5.56 Å². The number of hydrogen-bond donors (Lipinski definition) is 0. The number of imidazole rings is 1. The number of rotatable bonds is 6. The van der Waals surface area contributed by atoms with E-state index >= 15 is 0 Å². The van der Waals surface area contributed by atoms with Crippen molar-refractivity contribution in [2.24, 2.45) is 0 Å². The van der Waals surface area contributed by atoms with Crippen molar-refractivity contribution < 1.29 is 0 Å². The van der Waals surface area contributed by atoms with E-state index in [4.69, 9.17) is 0 Å². The lowest BCUT2D eigenvalue weighted by molar-refractivity contribution is 0.310. The van der Waals surface area contributed by atoms with Crippen LogP contribution in [0.3, 0.4) is 0 Å². The Kier molecular flexibility index (Phi) is 4.35. The average Bonchev–Trinajstić information content (AvgIpc) is 3.08. The van der Waals surface area contributed by atoms with Gasteiger partial charge in [0.2, 0.25) is 0 Å². The predicted octanol–water partition coefficient (Wildman–Crippen LogP) is 1.78. The van der Waals surface area contributed by atoms with Gasteiger partial charge in [-0.2, -0.15) is 0 Å². The average molecular weight is 317 g/mol. The van der Waals surface area contributed by atoms with Gasteiger partial charge in [0.15, 0.2) is 4.96 Å². The largest absolute Gasteiger partial charge is 0.335 e. The molecule has 0 aliphatic rings. The maximum absolute atomic E-state index is 11.9. The standard InChI is InChI=1S/C15H19N5OS/c1-12-16-4-7-19(12)6-3-5-18(2)11-13-10-14(21)20-8-9-22-15(20)17-13/h4,7-10H,3,5-6,11H2,1-2H3. The summed E-state index contributed by atoms with van der Waals surface area (Å²) in [6.45, 7) is 4.60. The van der Waals surface area contributed by atoms with Crippen molar-refractivity contribution in [2.75, 3.05) is 13.6 Å². The summed E-state index contributed by atoms with van der Waals surface area (Å²) in [5, 5.41) is 1.88. The molecule has 116 valence electrons. The van der Waals surface area contributed by atoms with Crippen LogP contribution in [0.1, 0.15) is 17.9 Å². The van der Waals surface area contributed by atoms with E-state index in [1.807, 2.05) is 24.7 Å². The molecule has 7 heteroatoms. The van der Waals surface area contributed by atoms with E-state index in [1.165, 1.54) is 11.3 Å². The SMILES string of the molecule is Cc1nccn1CCCN(C)Cc1cc(=O)n2ccsc2n1. The van der Waals surface area contributed by atoms with E-state index in [1.54, 1.807) is 16.7 Å². The van der Waals surface area contributed by atoms with Crippen molar-refractivity contribution in [3.05, 3.63) is 51.9 Å². The molecule has 0 unspecified atom stereocenters. The summed E-state index contributed by atoms with van der Waals surface area (Å²) >= 11 is 1.48. The normalized spacial score (nSPS) is 11.6. The topological polar surface area (TPSA) is 55.4 Å². The zero-order valence-electron chi connectivity index (χ0n) is 12.8. The summed E-state index contributed by atoms with van der Waals surface area (Å²) in [7, 11) is 2.05. The third-order valence-electron chi connectivity index (χ3n) is 3.65. The van der Waals surface area contributed by atoms with Gasteiger partial charge < -0.3 is 9.47 Å². The van der Waals surface area contributed by atoms with Gasteiger partial charge in [-0.05, 0) is 26.9 Å². The second-order valence-electron chi connectivity index (χ2n) is 5.40. The number of fused-ring (bicyclic) bond motifs is 1. The van der Waals surface area contributed by atoms with E-state index in [-0.39, 0.29) is 5.56 Å².